The summed E-state index contributed by atoms with van der Waals surface area (Å²) in [5, 5.41) is 0. The third-order valence-electron chi connectivity index (χ3n) is 1.73. The number of rotatable bonds is 1. The van der Waals surface area contributed by atoms with Crippen LogP contribution in [0.25, 0.3) is 11.3 Å². The van der Waals surface area contributed by atoms with E-state index >= 15 is 0 Å². The second-order valence-electron chi connectivity index (χ2n) is 2.58. The minimum absolute atomic E-state index is 0. The standard InChI is InChI=1S/C11H9N.B/c1-2-6-10(7-3-1)11-8-4-5-9-12-11;/h1-9H;. The smallest absolute Gasteiger partial charge is 0.0701 e. The summed E-state index contributed by atoms with van der Waals surface area (Å²) in [7, 11) is 0. The topological polar surface area (TPSA) is 12.9 Å². The van der Waals surface area contributed by atoms with E-state index in [0.29, 0.717) is 0 Å². The zero-order valence-corrected chi connectivity index (χ0v) is 7.22. The highest BCUT2D eigenvalue weighted by molar-refractivity contribution is 5.75. The third kappa shape index (κ3) is 2.18. The van der Waals surface area contributed by atoms with Crippen LogP contribution in [-0.2, 0) is 0 Å². The van der Waals surface area contributed by atoms with Gasteiger partial charge >= 0.3 is 0 Å². The van der Waals surface area contributed by atoms with Crippen LogP contribution in [0.1, 0.15) is 0 Å². The van der Waals surface area contributed by atoms with Crippen LogP contribution in [0, 0.1) is 0 Å². The van der Waals surface area contributed by atoms with Crippen LogP contribution < -0.4 is 0 Å². The number of benzene rings is 1. The van der Waals surface area contributed by atoms with Crippen LogP contribution in [0.4, 0.5) is 0 Å². The van der Waals surface area contributed by atoms with Crippen molar-refractivity contribution in [3.05, 3.63) is 54.7 Å². The first-order chi connectivity index (χ1) is 5.97. The molecule has 0 unspecified atom stereocenters. The predicted octanol–water partition coefficient (Wildman–Crippen LogP) is 2.37. The van der Waals surface area contributed by atoms with E-state index in [1.807, 2.05) is 42.6 Å². The zero-order valence-electron chi connectivity index (χ0n) is 7.22. The molecular formula is C11H9BN. The minimum atomic E-state index is 0. The van der Waals surface area contributed by atoms with Crippen molar-refractivity contribution in [1.29, 1.82) is 0 Å². The molecule has 0 amide bonds. The molecule has 0 aliphatic carbocycles. The Balaban J connectivity index is 0.000000845. The average Bonchev–Trinajstić information content (AvgIpc) is 2.21. The van der Waals surface area contributed by atoms with E-state index in [1.54, 1.807) is 0 Å². The molecule has 0 bridgehead atoms. The van der Waals surface area contributed by atoms with Gasteiger partial charge in [-0.25, -0.2) is 0 Å². The van der Waals surface area contributed by atoms with Crippen molar-refractivity contribution in [3.63, 3.8) is 0 Å². The molecule has 2 rings (SSSR count). The van der Waals surface area contributed by atoms with Gasteiger partial charge in [-0.15, -0.1) is 0 Å². The van der Waals surface area contributed by atoms with Crippen molar-refractivity contribution < 1.29 is 0 Å². The predicted molar refractivity (Wildman–Crippen MR) is 55.4 cm³/mol. The maximum atomic E-state index is 4.25. The number of hydrogen-bond donors (Lipinski definition) is 0. The minimum Gasteiger partial charge on any atom is -0.256 e. The first-order valence-electron chi connectivity index (χ1n) is 3.93. The lowest BCUT2D eigenvalue weighted by atomic mass is 10.1. The van der Waals surface area contributed by atoms with E-state index in [2.05, 4.69) is 17.1 Å². The Hall–Kier alpha value is -1.57. The Morgan fingerprint density at radius 1 is 0.769 bits per heavy atom. The lowest BCUT2D eigenvalue weighted by molar-refractivity contribution is 1.33. The largest absolute Gasteiger partial charge is 0.256 e. The fourth-order valence-electron chi connectivity index (χ4n) is 1.14. The molecular weight excluding hydrogens is 157 g/mol. The van der Waals surface area contributed by atoms with Gasteiger partial charge in [-0.2, -0.15) is 0 Å². The van der Waals surface area contributed by atoms with E-state index < -0.39 is 0 Å². The van der Waals surface area contributed by atoms with E-state index in [1.165, 1.54) is 0 Å². The molecule has 0 atom stereocenters. The molecule has 0 spiro atoms. The molecule has 3 radical (unpaired) electrons. The molecule has 2 heteroatoms. The van der Waals surface area contributed by atoms with E-state index in [4.69, 9.17) is 0 Å². The summed E-state index contributed by atoms with van der Waals surface area (Å²) in [6, 6.07) is 16.1. The lowest BCUT2D eigenvalue weighted by Gasteiger charge is -1.97. The molecule has 0 aliphatic rings. The number of hydrogen-bond acceptors (Lipinski definition) is 1. The maximum Gasteiger partial charge on any atom is 0.0701 e. The SMILES string of the molecule is [B].c1ccc(-c2ccccn2)cc1. The molecule has 0 saturated heterocycles. The highest BCUT2D eigenvalue weighted by Gasteiger charge is 1.93. The van der Waals surface area contributed by atoms with Crippen LogP contribution >= 0.6 is 0 Å². The Labute approximate surface area is 80.0 Å². The Morgan fingerprint density at radius 2 is 1.46 bits per heavy atom. The van der Waals surface area contributed by atoms with Crippen molar-refractivity contribution in [2.45, 2.75) is 0 Å². The highest BCUT2D eigenvalue weighted by Crippen LogP contribution is 2.14. The number of nitrogens with zero attached hydrogens (tertiary/aromatic N) is 1. The fourth-order valence-corrected chi connectivity index (χ4v) is 1.14. The maximum absolute atomic E-state index is 4.25. The highest BCUT2D eigenvalue weighted by atomic mass is 14.7. The second kappa shape index (κ2) is 4.46. The van der Waals surface area contributed by atoms with Gasteiger partial charge in [0.1, 0.15) is 0 Å². The van der Waals surface area contributed by atoms with Gasteiger partial charge in [-0.3, -0.25) is 4.98 Å². The summed E-state index contributed by atoms with van der Waals surface area (Å²) in [6.45, 7) is 0. The molecule has 2 aromatic rings. The van der Waals surface area contributed by atoms with Crippen LogP contribution in [0.3, 0.4) is 0 Å². The summed E-state index contributed by atoms with van der Waals surface area (Å²) in [5.74, 6) is 0. The third-order valence-corrected chi connectivity index (χ3v) is 1.73. The van der Waals surface area contributed by atoms with Gasteiger partial charge in [0.25, 0.3) is 0 Å². The zero-order chi connectivity index (χ0) is 8.23. The van der Waals surface area contributed by atoms with Gasteiger partial charge in [-0.1, -0.05) is 36.4 Å². The number of aromatic nitrogens is 1. The van der Waals surface area contributed by atoms with E-state index in [-0.39, 0.29) is 8.41 Å². The Kier molecular flexibility index (Phi) is 3.27. The van der Waals surface area contributed by atoms with E-state index in [0.717, 1.165) is 11.3 Å². The van der Waals surface area contributed by atoms with Crippen molar-refractivity contribution in [2.75, 3.05) is 0 Å². The summed E-state index contributed by atoms with van der Waals surface area (Å²) in [5.41, 5.74) is 2.19. The van der Waals surface area contributed by atoms with Crippen molar-refractivity contribution in [1.82, 2.24) is 4.98 Å². The van der Waals surface area contributed by atoms with Crippen molar-refractivity contribution >= 4 is 8.41 Å². The second-order valence-corrected chi connectivity index (χ2v) is 2.58. The van der Waals surface area contributed by atoms with Gasteiger partial charge in [-0.05, 0) is 12.1 Å². The van der Waals surface area contributed by atoms with Crippen LogP contribution in [0.2, 0.25) is 0 Å². The molecule has 61 valence electrons. The Bertz CT molecular complexity index is 307. The first kappa shape index (κ1) is 9.52. The molecule has 0 N–H and O–H groups in total. The molecule has 0 aliphatic heterocycles. The van der Waals surface area contributed by atoms with Gasteiger partial charge in [0.15, 0.2) is 0 Å². The summed E-state index contributed by atoms with van der Waals surface area (Å²) in [6.07, 6.45) is 1.81. The molecule has 0 saturated carbocycles. The molecule has 1 aromatic heterocycles. The first-order valence-corrected chi connectivity index (χ1v) is 3.93. The molecule has 1 aromatic carbocycles. The average molecular weight is 166 g/mol. The van der Waals surface area contributed by atoms with E-state index in [9.17, 15) is 0 Å². The summed E-state index contributed by atoms with van der Waals surface area (Å²) >= 11 is 0. The molecule has 1 nitrogen and oxygen atoms in total. The monoisotopic (exact) mass is 166 g/mol. The van der Waals surface area contributed by atoms with Gasteiger partial charge in [0.05, 0.1) is 5.69 Å². The van der Waals surface area contributed by atoms with Crippen LogP contribution in [-0.4, -0.2) is 13.4 Å². The van der Waals surface area contributed by atoms with Gasteiger partial charge in [0.2, 0.25) is 0 Å². The Morgan fingerprint density at radius 3 is 2.08 bits per heavy atom. The summed E-state index contributed by atoms with van der Waals surface area (Å²) < 4.78 is 0. The van der Waals surface area contributed by atoms with Crippen LogP contribution in [0.15, 0.2) is 54.7 Å². The molecule has 1 heterocycles. The van der Waals surface area contributed by atoms with Crippen LogP contribution in [0.5, 0.6) is 0 Å². The normalized spacial score (nSPS) is 8.92. The van der Waals surface area contributed by atoms with Gasteiger partial charge < -0.3 is 0 Å². The fraction of sp³-hybridized carbons (Fsp3) is 0. The lowest BCUT2D eigenvalue weighted by Crippen LogP contribution is -1.79. The van der Waals surface area contributed by atoms with Crippen molar-refractivity contribution in [3.8, 4) is 11.3 Å². The molecule has 0 fully saturated rings. The molecule has 13 heavy (non-hydrogen) atoms. The summed E-state index contributed by atoms with van der Waals surface area (Å²) in [4.78, 5) is 4.25. The van der Waals surface area contributed by atoms with Gasteiger partial charge in [0, 0.05) is 20.2 Å². The quantitative estimate of drug-likeness (QED) is 0.592. The van der Waals surface area contributed by atoms with Crippen molar-refractivity contribution in [2.24, 2.45) is 0 Å². The number of pyridine rings is 1.